The molecular formula is C22H18N6O3S. The molecule has 10 heteroatoms. The number of carbonyl (C=O) groups excluding carboxylic acids is 1. The van der Waals surface area contributed by atoms with Crippen LogP contribution in [0.1, 0.15) is 29.6 Å². The molecule has 1 saturated carbocycles. The fraction of sp³-hybridized carbons (Fsp3) is 0.273. The zero-order valence-electron chi connectivity index (χ0n) is 17.2. The highest BCUT2D eigenvalue weighted by Crippen LogP contribution is 2.34. The summed E-state index contributed by atoms with van der Waals surface area (Å²) < 4.78 is 11.8. The van der Waals surface area contributed by atoms with Crippen molar-refractivity contribution in [1.29, 1.82) is 5.26 Å². The van der Waals surface area contributed by atoms with Crippen LogP contribution in [0.5, 0.6) is 5.75 Å². The topological polar surface area (TPSA) is 127 Å². The number of amides is 1. The Morgan fingerprint density at radius 2 is 2.12 bits per heavy atom. The number of pyridine rings is 1. The van der Waals surface area contributed by atoms with E-state index in [1.54, 1.807) is 24.6 Å². The number of rotatable bonds is 7. The summed E-state index contributed by atoms with van der Waals surface area (Å²) in [6.07, 6.45) is 3.38. The molecule has 1 aromatic carbocycles. The van der Waals surface area contributed by atoms with Crippen molar-refractivity contribution < 1.29 is 13.9 Å². The van der Waals surface area contributed by atoms with Gasteiger partial charge in [0.1, 0.15) is 22.7 Å². The van der Waals surface area contributed by atoms with Gasteiger partial charge in [-0.15, -0.1) is 21.5 Å². The lowest BCUT2D eigenvalue weighted by Crippen LogP contribution is -2.36. The van der Waals surface area contributed by atoms with E-state index in [4.69, 9.17) is 14.4 Å². The number of fused-ring (bicyclic) bond motifs is 1. The van der Waals surface area contributed by atoms with Gasteiger partial charge in [-0.1, -0.05) is 6.07 Å². The van der Waals surface area contributed by atoms with Gasteiger partial charge in [-0.2, -0.15) is 5.26 Å². The Morgan fingerprint density at radius 1 is 1.28 bits per heavy atom. The maximum Gasteiger partial charge on any atom is 0.230 e. The SMILES string of the molecule is COc1ccc(-c2ccc3nc(Cc4nnc(CC(=O)NC5(C#N)CC5)o4)sc3c2)nc1. The van der Waals surface area contributed by atoms with Crippen molar-refractivity contribution in [2.75, 3.05) is 7.11 Å². The molecule has 1 N–H and O–H groups in total. The van der Waals surface area contributed by atoms with E-state index in [9.17, 15) is 4.79 Å². The molecule has 3 aromatic heterocycles. The third kappa shape index (κ3) is 4.15. The predicted octanol–water partition coefficient (Wildman–Crippen LogP) is 3.06. The third-order valence-electron chi connectivity index (χ3n) is 5.17. The Labute approximate surface area is 187 Å². The normalized spacial score (nSPS) is 14.1. The largest absolute Gasteiger partial charge is 0.495 e. The minimum absolute atomic E-state index is 0.0471. The van der Waals surface area contributed by atoms with E-state index in [0.29, 0.717) is 30.9 Å². The molecule has 160 valence electrons. The molecule has 9 nitrogen and oxygen atoms in total. The van der Waals surface area contributed by atoms with E-state index < -0.39 is 5.54 Å². The van der Waals surface area contributed by atoms with Crippen LogP contribution in [-0.4, -0.2) is 38.7 Å². The molecule has 0 aliphatic heterocycles. The van der Waals surface area contributed by atoms with Gasteiger partial charge in [-0.05, 0) is 37.1 Å². The average molecular weight is 446 g/mol. The van der Waals surface area contributed by atoms with Crippen LogP contribution in [0.15, 0.2) is 40.9 Å². The molecule has 3 heterocycles. The number of thiazole rings is 1. The molecule has 0 atom stereocenters. The highest BCUT2D eigenvalue weighted by Gasteiger charge is 2.44. The Morgan fingerprint density at radius 3 is 2.84 bits per heavy atom. The summed E-state index contributed by atoms with van der Waals surface area (Å²) in [6, 6.07) is 11.9. The molecule has 1 aliphatic rings. The van der Waals surface area contributed by atoms with Crippen molar-refractivity contribution in [1.82, 2.24) is 25.5 Å². The fourth-order valence-corrected chi connectivity index (χ4v) is 4.28. The second-order valence-corrected chi connectivity index (χ2v) is 8.67. The van der Waals surface area contributed by atoms with Crippen LogP contribution in [-0.2, 0) is 17.6 Å². The number of hydrogen-bond donors (Lipinski definition) is 1. The molecule has 0 radical (unpaired) electrons. The van der Waals surface area contributed by atoms with Gasteiger partial charge in [-0.3, -0.25) is 9.78 Å². The van der Waals surface area contributed by atoms with Crippen molar-refractivity contribution >= 4 is 27.5 Å². The van der Waals surface area contributed by atoms with E-state index in [2.05, 4.69) is 37.6 Å². The zero-order chi connectivity index (χ0) is 22.1. The first-order valence-corrected chi connectivity index (χ1v) is 10.8. The first kappa shape index (κ1) is 20.1. The Hall–Kier alpha value is -3.84. The molecule has 5 rings (SSSR count). The van der Waals surface area contributed by atoms with E-state index in [0.717, 1.165) is 26.5 Å². The van der Waals surface area contributed by atoms with Crippen molar-refractivity contribution in [2.24, 2.45) is 0 Å². The van der Waals surface area contributed by atoms with Crippen LogP contribution in [0.25, 0.3) is 21.5 Å². The van der Waals surface area contributed by atoms with Gasteiger partial charge in [-0.25, -0.2) is 4.98 Å². The minimum Gasteiger partial charge on any atom is -0.495 e. The molecule has 0 bridgehead atoms. The number of benzene rings is 1. The first-order valence-electron chi connectivity index (χ1n) is 9.99. The van der Waals surface area contributed by atoms with Crippen molar-refractivity contribution in [3.63, 3.8) is 0 Å². The van der Waals surface area contributed by atoms with Gasteiger partial charge >= 0.3 is 0 Å². The van der Waals surface area contributed by atoms with Crippen LogP contribution in [0.3, 0.4) is 0 Å². The molecule has 0 saturated heterocycles. The van der Waals surface area contributed by atoms with Gasteiger partial charge < -0.3 is 14.5 Å². The summed E-state index contributed by atoms with van der Waals surface area (Å²) in [5.41, 5.74) is 2.02. The lowest BCUT2D eigenvalue weighted by Gasteiger charge is -2.06. The van der Waals surface area contributed by atoms with Crippen molar-refractivity contribution in [3.05, 3.63) is 53.3 Å². The highest BCUT2D eigenvalue weighted by atomic mass is 32.1. The Kier molecular flexibility index (Phi) is 5.03. The number of methoxy groups -OCH3 is 1. The summed E-state index contributed by atoms with van der Waals surface area (Å²) >= 11 is 1.54. The van der Waals surface area contributed by atoms with Crippen LogP contribution in [0.2, 0.25) is 0 Å². The molecule has 0 unspecified atom stereocenters. The van der Waals surface area contributed by atoms with Crippen LogP contribution < -0.4 is 10.1 Å². The molecule has 1 aliphatic carbocycles. The van der Waals surface area contributed by atoms with Crippen LogP contribution in [0, 0.1) is 11.3 Å². The van der Waals surface area contributed by atoms with E-state index in [1.807, 2.05) is 24.3 Å². The number of carbonyl (C=O) groups is 1. The monoisotopic (exact) mass is 446 g/mol. The zero-order valence-corrected chi connectivity index (χ0v) is 18.0. The second kappa shape index (κ2) is 8.01. The van der Waals surface area contributed by atoms with Gasteiger partial charge in [0.25, 0.3) is 0 Å². The predicted molar refractivity (Wildman–Crippen MR) is 116 cm³/mol. The lowest BCUT2D eigenvalue weighted by molar-refractivity contribution is -0.121. The molecule has 0 spiro atoms. The second-order valence-electron chi connectivity index (χ2n) is 7.56. The van der Waals surface area contributed by atoms with Gasteiger partial charge in [0, 0.05) is 5.56 Å². The van der Waals surface area contributed by atoms with Crippen LogP contribution >= 0.6 is 11.3 Å². The summed E-state index contributed by atoms with van der Waals surface area (Å²) in [5, 5.41) is 20.6. The number of ether oxygens (including phenoxy) is 1. The number of hydrogen-bond acceptors (Lipinski definition) is 9. The average Bonchev–Trinajstić information content (AvgIpc) is 3.24. The summed E-state index contributed by atoms with van der Waals surface area (Å²) in [6.45, 7) is 0. The highest BCUT2D eigenvalue weighted by molar-refractivity contribution is 7.18. The third-order valence-corrected chi connectivity index (χ3v) is 6.18. The van der Waals surface area contributed by atoms with Gasteiger partial charge in [0.15, 0.2) is 0 Å². The van der Waals surface area contributed by atoms with Gasteiger partial charge in [0.2, 0.25) is 17.7 Å². The van der Waals surface area contributed by atoms with Crippen LogP contribution in [0.4, 0.5) is 0 Å². The number of nitrogens with one attached hydrogen (secondary N) is 1. The maximum atomic E-state index is 12.1. The first-order chi connectivity index (χ1) is 15.6. The van der Waals surface area contributed by atoms with E-state index in [-0.39, 0.29) is 18.2 Å². The van der Waals surface area contributed by atoms with E-state index in [1.165, 1.54) is 0 Å². The lowest BCUT2D eigenvalue weighted by atomic mass is 10.1. The fourth-order valence-electron chi connectivity index (χ4n) is 3.28. The quantitative estimate of drug-likeness (QED) is 0.459. The number of aromatic nitrogens is 4. The summed E-state index contributed by atoms with van der Waals surface area (Å²) in [5.74, 6) is 1.04. The van der Waals surface area contributed by atoms with Crippen molar-refractivity contribution in [3.8, 4) is 23.1 Å². The summed E-state index contributed by atoms with van der Waals surface area (Å²) in [4.78, 5) is 21.2. The molecule has 1 fully saturated rings. The standard InChI is InChI=1S/C22H18N6O3S/c1-30-14-3-5-15(24-11-14)13-2-4-16-17(8-13)32-21(25-16)10-20-28-27-19(31-20)9-18(29)26-22(12-23)6-7-22/h2-5,8,11H,6-7,9-10H2,1H3,(H,26,29). The van der Waals surface area contributed by atoms with Crippen molar-refractivity contribution in [2.45, 2.75) is 31.2 Å². The Balaban J connectivity index is 1.27. The maximum absolute atomic E-state index is 12.1. The summed E-state index contributed by atoms with van der Waals surface area (Å²) in [7, 11) is 1.61. The van der Waals surface area contributed by atoms with E-state index >= 15 is 0 Å². The molecule has 32 heavy (non-hydrogen) atoms. The molecule has 1 amide bonds. The smallest absolute Gasteiger partial charge is 0.230 e. The Bertz CT molecular complexity index is 1330. The molecular weight excluding hydrogens is 428 g/mol. The molecule has 4 aromatic rings. The minimum atomic E-state index is -0.707. The number of nitrogens with zero attached hydrogens (tertiary/aromatic N) is 5. The number of nitriles is 1. The van der Waals surface area contributed by atoms with Gasteiger partial charge in [0.05, 0.1) is 41.7 Å².